The molecule has 0 aliphatic carbocycles. The maximum absolute atomic E-state index is 12.9. The summed E-state index contributed by atoms with van der Waals surface area (Å²) in [4.78, 5) is 15.0. The van der Waals surface area contributed by atoms with Gasteiger partial charge >= 0.3 is 0 Å². The molecule has 5 heteroatoms. The zero-order chi connectivity index (χ0) is 15.8. The molecule has 2 atom stereocenters. The number of nitrogens with one attached hydrogen (secondary N) is 2. The molecular weight excluding hydrogens is 288 g/mol. The molecule has 2 bridgehead atoms. The van der Waals surface area contributed by atoms with Gasteiger partial charge in [-0.2, -0.15) is 5.10 Å². The van der Waals surface area contributed by atoms with Gasteiger partial charge in [-0.3, -0.25) is 9.89 Å². The fourth-order valence-corrected chi connectivity index (χ4v) is 3.76. The molecule has 23 heavy (non-hydrogen) atoms. The minimum atomic E-state index is 0.0899. The number of amides is 1. The molecule has 2 saturated heterocycles. The van der Waals surface area contributed by atoms with Crippen molar-refractivity contribution in [3.8, 4) is 11.3 Å². The minimum absolute atomic E-state index is 0.0899. The number of hydrogen-bond donors (Lipinski definition) is 2. The average Bonchev–Trinajstić information content (AvgIpc) is 3.11. The summed E-state index contributed by atoms with van der Waals surface area (Å²) in [5.74, 6) is 0.0899. The van der Waals surface area contributed by atoms with Crippen LogP contribution >= 0.6 is 0 Å². The number of carbonyl (C=O) groups is 1. The molecule has 1 amide bonds. The highest BCUT2D eigenvalue weighted by molar-refractivity contribution is 5.94. The van der Waals surface area contributed by atoms with Crippen LogP contribution in [0, 0.1) is 6.92 Å². The van der Waals surface area contributed by atoms with Crippen LogP contribution in [0.3, 0.4) is 0 Å². The van der Waals surface area contributed by atoms with Gasteiger partial charge in [-0.25, -0.2) is 0 Å². The van der Waals surface area contributed by atoms with E-state index in [4.69, 9.17) is 0 Å². The molecule has 3 heterocycles. The van der Waals surface area contributed by atoms with Crippen molar-refractivity contribution in [2.45, 2.75) is 38.3 Å². The van der Waals surface area contributed by atoms with E-state index in [0.717, 1.165) is 43.6 Å². The van der Waals surface area contributed by atoms with E-state index in [1.54, 1.807) is 0 Å². The Morgan fingerprint density at radius 2 is 1.96 bits per heavy atom. The summed E-state index contributed by atoms with van der Waals surface area (Å²) in [5, 5.41) is 10.7. The molecule has 2 fully saturated rings. The number of rotatable bonds is 2. The second-order valence-corrected chi connectivity index (χ2v) is 6.62. The maximum atomic E-state index is 12.9. The molecule has 2 unspecified atom stereocenters. The highest BCUT2D eigenvalue weighted by Gasteiger charge is 2.38. The van der Waals surface area contributed by atoms with Crippen molar-refractivity contribution in [3.05, 3.63) is 41.6 Å². The van der Waals surface area contributed by atoms with Crippen molar-refractivity contribution < 1.29 is 4.79 Å². The molecule has 0 radical (unpaired) electrons. The van der Waals surface area contributed by atoms with E-state index in [1.165, 1.54) is 5.56 Å². The lowest BCUT2D eigenvalue weighted by atomic mass is 10.1. The van der Waals surface area contributed by atoms with E-state index >= 15 is 0 Å². The number of aromatic amines is 1. The van der Waals surface area contributed by atoms with E-state index in [-0.39, 0.29) is 5.91 Å². The number of H-pyrrole nitrogens is 1. The molecule has 0 saturated carbocycles. The second kappa shape index (κ2) is 5.81. The summed E-state index contributed by atoms with van der Waals surface area (Å²) in [6.45, 7) is 3.97. The molecule has 2 N–H and O–H groups in total. The van der Waals surface area contributed by atoms with Gasteiger partial charge in [0.25, 0.3) is 5.91 Å². The number of benzene rings is 1. The van der Waals surface area contributed by atoms with Gasteiger partial charge in [0, 0.05) is 24.2 Å². The van der Waals surface area contributed by atoms with Crippen molar-refractivity contribution in [2.75, 3.05) is 13.1 Å². The third kappa shape index (κ3) is 2.65. The predicted octanol–water partition coefficient (Wildman–Crippen LogP) is 2.35. The summed E-state index contributed by atoms with van der Waals surface area (Å²) in [5.41, 5.74) is 3.67. The summed E-state index contributed by atoms with van der Waals surface area (Å²) in [7, 11) is 0. The molecule has 2 aliphatic rings. The largest absolute Gasteiger partial charge is 0.330 e. The molecular formula is C18H22N4O. The number of aryl methyl sites for hydroxylation is 1. The van der Waals surface area contributed by atoms with Crippen LogP contribution in [0.5, 0.6) is 0 Å². The van der Waals surface area contributed by atoms with E-state index in [2.05, 4.69) is 39.5 Å². The normalized spacial score (nSPS) is 23.8. The Morgan fingerprint density at radius 3 is 2.78 bits per heavy atom. The molecule has 0 spiro atoms. The Bertz CT molecular complexity index is 692. The first kappa shape index (κ1) is 14.5. The lowest BCUT2D eigenvalue weighted by molar-refractivity contribution is 0.0674. The first-order valence-electron chi connectivity index (χ1n) is 8.38. The van der Waals surface area contributed by atoms with Crippen LogP contribution in [0.15, 0.2) is 30.3 Å². The fourth-order valence-electron chi connectivity index (χ4n) is 3.76. The highest BCUT2D eigenvalue weighted by Crippen LogP contribution is 2.30. The second-order valence-electron chi connectivity index (χ2n) is 6.62. The Hall–Kier alpha value is -2.14. The molecule has 2 aromatic rings. The van der Waals surface area contributed by atoms with Crippen LogP contribution in [0.4, 0.5) is 0 Å². The Morgan fingerprint density at radius 1 is 1.17 bits per heavy atom. The summed E-state index contributed by atoms with van der Waals surface area (Å²) in [6.07, 6.45) is 3.26. The maximum Gasteiger partial charge on any atom is 0.272 e. The standard InChI is InChI=1S/C18H22N4O/c1-12-2-4-13(5-3-12)16-10-17(21-20-16)18(23)22-14-6-7-15(22)11-19-9-8-14/h2-5,10,14-15,19H,6-9,11H2,1H3,(H,20,21). The molecule has 5 nitrogen and oxygen atoms in total. The molecule has 2 aliphatic heterocycles. The Labute approximate surface area is 136 Å². The van der Waals surface area contributed by atoms with Crippen LogP contribution in [0.2, 0.25) is 0 Å². The molecule has 120 valence electrons. The molecule has 1 aromatic carbocycles. The number of hydrogen-bond acceptors (Lipinski definition) is 3. The van der Waals surface area contributed by atoms with Gasteiger partial charge in [0.1, 0.15) is 5.69 Å². The number of carbonyl (C=O) groups excluding carboxylic acids is 1. The van der Waals surface area contributed by atoms with Crippen LogP contribution in [0.1, 0.15) is 35.3 Å². The number of aromatic nitrogens is 2. The van der Waals surface area contributed by atoms with E-state index in [0.29, 0.717) is 17.8 Å². The third-order valence-corrected chi connectivity index (χ3v) is 5.04. The Balaban J connectivity index is 1.59. The summed E-state index contributed by atoms with van der Waals surface area (Å²) >= 11 is 0. The van der Waals surface area contributed by atoms with Crippen LogP contribution in [-0.4, -0.2) is 46.2 Å². The van der Waals surface area contributed by atoms with Crippen LogP contribution in [0.25, 0.3) is 11.3 Å². The molecule has 4 rings (SSSR count). The highest BCUT2D eigenvalue weighted by atomic mass is 16.2. The lowest BCUT2D eigenvalue weighted by Crippen LogP contribution is -2.42. The van der Waals surface area contributed by atoms with E-state index in [9.17, 15) is 4.79 Å². The summed E-state index contributed by atoms with van der Waals surface area (Å²) < 4.78 is 0. The lowest BCUT2D eigenvalue weighted by Gasteiger charge is -2.27. The van der Waals surface area contributed by atoms with Gasteiger partial charge in [0.15, 0.2) is 0 Å². The van der Waals surface area contributed by atoms with E-state index in [1.807, 2.05) is 18.2 Å². The summed E-state index contributed by atoms with van der Waals surface area (Å²) in [6, 6.07) is 10.8. The first-order valence-corrected chi connectivity index (χ1v) is 8.38. The van der Waals surface area contributed by atoms with Gasteiger partial charge in [0.05, 0.1) is 5.69 Å². The van der Waals surface area contributed by atoms with Gasteiger partial charge in [-0.05, 0) is 38.8 Å². The van der Waals surface area contributed by atoms with Crippen molar-refractivity contribution in [3.63, 3.8) is 0 Å². The fraction of sp³-hybridized carbons (Fsp3) is 0.444. The smallest absolute Gasteiger partial charge is 0.272 e. The number of fused-ring (bicyclic) bond motifs is 2. The predicted molar refractivity (Wildman–Crippen MR) is 89.2 cm³/mol. The van der Waals surface area contributed by atoms with Crippen molar-refractivity contribution >= 4 is 5.91 Å². The van der Waals surface area contributed by atoms with Crippen molar-refractivity contribution in [1.29, 1.82) is 0 Å². The van der Waals surface area contributed by atoms with Crippen LogP contribution in [-0.2, 0) is 0 Å². The Kier molecular flexibility index (Phi) is 3.65. The van der Waals surface area contributed by atoms with Gasteiger partial charge in [-0.1, -0.05) is 29.8 Å². The van der Waals surface area contributed by atoms with E-state index < -0.39 is 0 Å². The monoisotopic (exact) mass is 310 g/mol. The van der Waals surface area contributed by atoms with Gasteiger partial charge in [-0.15, -0.1) is 0 Å². The van der Waals surface area contributed by atoms with Crippen LogP contribution < -0.4 is 5.32 Å². The topological polar surface area (TPSA) is 61.0 Å². The number of nitrogens with zero attached hydrogens (tertiary/aromatic N) is 2. The zero-order valence-corrected chi connectivity index (χ0v) is 13.4. The third-order valence-electron chi connectivity index (χ3n) is 5.04. The first-order chi connectivity index (χ1) is 11.2. The quantitative estimate of drug-likeness (QED) is 0.895. The average molecular weight is 310 g/mol. The van der Waals surface area contributed by atoms with Gasteiger partial charge in [0.2, 0.25) is 0 Å². The van der Waals surface area contributed by atoms with Gasteiger partial charge < -0.3 is 10.2 Å². The zero-order valence-electron chi connectivity index (χ0n) is 13.4. The molecule has 1 aromatic heterocycles. The van der Waals surface area contributed by atoms with Crippen molar-refractivity contribution in [1.82, 2.24) is 20.4 Å². The minimum Gasteiger partial charge on any atom is -0.330 e. The SMILES string of the molecule is Cc1ccc(-c2cc(C(=O)N3C4CCNCC3CC4)[nH]n2)cc1. The van der Waals surface area contributed by atoms with Crippen molar-refractivity contribution in [2.24, 2.45) is 0 Å².